The van der Waals surface area contributed by atoms with Gasteiger partial charge in [-0.25, -0.2) is 9.13 Å². The van der Waals surface area contributed by atoms with Crippen molar-refractivity contribution in [3.8, 4) is 0 Å². The summed E-state index contributed by atoms with van der Waals surface area (Å²) in [4.78, 5) is 11.3. The molecule has 1 aromatic rings. The Hall–Kier alpha value is -0.770. The van der Waals surface area contributed by atoms with Gasteiger partial charge in [0.25, 0.3) is 0 Å². The van der Waals surface area contributed by atoms with Crippen molar-refractivity contribution >= 4 is 17.5 Å². The van der Waals surface area contributed by atoms with Crippen LogP contribution in [0.5, 0.6) is 0 Å². The zero-order valence-electron chi connectivity index (χ0n) is 10.1. The van der Waals surface area contributed by atoms with Crippen LogP contribution in [0.4, 0.5) is 0 Å². The summed E-state index contributed by atoms with van der Waals surface area (Å²) < 4.78 is 4.28. The van der Waals surface area contributed by atoms with E-state index in [1.54, 1.807) is 11.8 Å². The van der Waals surface area contributed by atoms with Crippen LogP contribution in [-0.2, 0) is 18.9 Å². The number of aromatic nitrogens is 2. The van der Waals surface area contributed by atoms with E-state index in [-0.39, 0.29) is 0 Å². The van der Waals surface area contributed by atoms with Crippen molar-refractivity contribution in [2.75, 3.05) is 5.75 Å². The summed E-state index contributed by atoms with van der Waals surface area (Å²) in [6.45, 7) is 6.10. The third-order valence-corrected chi connectivity index (χ3v) is 4.13. The summed E-state index contributed by atoms with van der Waals surface area (Å²) >= 11 is 1.62. The first-order valence-electron chi connectivity index (χ1n) is 5.15. The minimum Gasteiger partial charge on any atom is -0.299 e. The van der Waals surface area contributed by atoms with E-state index >= 15 is 0 Å². The van der Waals surface area contributed by atoms with Gasteiger partial charge in [-0.05, 0) is 11.8 Å². The number of carbonyl (C=O) groups is 1. The Kier molecular flexibility index (Phi) is 3.97. The molecule has 0 amide bonds. The van der Waals surface area contributed by atoms with E-state index in [0.717, 1.165) is 5.16 Å². The molecule has 0 aliphatic carbocycles. The molecule has 4 heteroatoms. The Balaban J connectivity index is 2.86. The topological polar surface area (TPSA) is 25.9 Å². The van der Waals surface area contributed by atoms with E-state index in [4.69, 9.17) is 0 Å². The molecule has 1 aromatic heterocycles. The molecule has 0 bridgehead atoms. The Morgan fingerprint density at radius 1 is 1.47 bits per heavy atom. The lowest BCUT2D eigenvalue weighted by Gasteiger charge is -1.97. The van der Waals surface area contributed by atoms with Crippen molar-refractivity contribution in [1.29, 1.82) is 0 Å². The van der Waals surface area contributed by atoms with Gasteiger partial charge in [-0.15, -0.1) is 0 Å². The van der Waals surface area contributed by atoms with E-state index in [1.165, 1.54) is 11.4 Å². The fourth-order valence-electron chi connectivity index (χ4n) is 1.44. The summed E-state index contributed by atoms with van der Waals surface area (Å²) in [6.07, 6.45) is 0.624. The molecule has 84 valence electrons. The molecule has 0 aromatic carbocycles. The summed E-state index contributed by atoms with van der Waals surface area (Å²) in [5.41, 5.74) is 2.51. The van der Waals surface area contributed by atoms with Crippen LogP contribution in [0.2, 0.25) is 0 Å². The van der Waals surface area contributed by atoms with Crippen molar-refractivity contribution in [1.82, 2.24) is 4.57 Å². The SMILES string of the molecule is CCC(=O)CSc1n(C)c(C)c(C)[n+]1C. The quantitative estimate of drug-likeness (QED) is 0.576. The third kappa shape index (κ3) is 2.43. The molecule has 0 aliphatic rings. The van der Waals surface area contributed by atoms with E-state index in [1.807, 2.05) is 21.0 Å². The molecule has 0 unspecified atom stereocenters. The number of hydrogen-bond donors (Lipinski definition) is 0. The molecule has 0 saturated heterocycles. The summed E-state index contributed by atoms with van der Waals surface area (Å²) in [6, 6.07) is 0. The highest BCUT2D eigenvalue weighted by atomic mass is 32.2. The van der Waals surface area contributed by atoms with Crippen LogP contribution in [-0.4, -0.2) is 16.1 Å². The van der Waals surface area contributed by atoms with E-state index < -0.39 is 0 Å². The molecule has 0 spiro atoms. The maximum atomic E-state index is 11.3. The average molecular weight is 227 g/mol. The molecule has 0 saturated carbocycles. The predicted molar refractivity (Wildman–Crippen MR) is 62.1 cm³/mol. The van der Waals surface area contributed by atoms with Gasteiger partial charge in [-0.2, -0.15) is 0 Å². The number of rotatable bonds is 4. The molecular formula is C11H19N2OS+. The Morgan fingerprint density at radius 3 is 2.47 bits per heavy atom. The molecule has 3 nitrogen and oxygen atoms in total. The highest BCUT2D eigenvalue weighted by molar-refractivity contribution is 7.99. The normalized spacial score (nSPS) is 10.7. The van der Waals surface area contributed by atoms with Gasteiger partial charge in [-0.3, -0.25) is 4.79 Å². The first-order valence-corrected chi connectivity index (χ1v) is 6.14. The number of imidazole rings is 1. The Morgan fingerprint density at radius 2 is 2.07 bits per heavy atom. The lowest BCUT2D eigenvalue weighted by Crippen LogP contribution is -2.32. The van der Waals surface area contributed by atoms with Crippen LogP contribution >= 0.6 is 11.8 Å². The van der Waals surface area contributed by atoms with Crippen LogP contribution < -0.4 is 4.57 Å². The maximum Gasteiger partial charge on any atom is 0.318 e. The zero-order valence-corrected chi connectivity index (χ0v) is 10.9. The van der Waals surface area contributed by atoms with Gasteiger partial charge in [0.1, 0.15) is 17.2 Å². The lowest BCUT2D eigenvalue weighted by atomic mass is 10.4. The van der Waals surface area contributed by atoms with Gasteiger partial charge in [0.15, 0.2) is 0 Å². The van der Waals surface area contributed by atoms with Gasteiger partial charge >= 0.3 is 5.16 Å². The van der Waals surface area contributed by atoms with Crippen molar-refractivity contribution in [2.45, 2.75) is 32.3 Å². The molecule has 0 radical (unpaired) electrons. The smallest absolute Gasteiger partial charge is 0.299 e. The van der Waals surface area contributed by atoms with Gasteiger partial charge in [-0.1, -0.05) is 6.92 Å². The molecule has 1 heterocycles. The molecule has 0 N–H and O–H groups in total. The first-order chi connectivity index (χ1) is 6.99. The van der Waals surface area contributed by atoms with Gasteiger partial charge in [0.05, 0.1) is 19.8 Å². The summed E-state index contributed by atoms with van der Waals surface area (Å²) in [5, 5.41) is 1.15. The van der Waals surface area contributed by atoms with Crippen LogP contribution in [0.25, 0.3) is 0 Å². The summed E-state index contributed by atoms with van der Waals surface area (Å²) in [7, 11) is 4.09. The predicted octanol–water partition coefficient (Wildman–Crippen LogP) is 1.54. The number of carbonyl (C=O) groups excluding carboxylic acids is 1. The van der Waals surface area contributed by atoms with Crippen molar-refractivity contribution < 1.29 is 9.36 Å². The highest BCUT2D eigenvalue weighted by Gasteiger charge is 2.21. The van der Waals surface area contributed by atoms with Crippen LogP contribution in [0.3, 0.4) is 0 Å². The minimum atomic E-state index is 0.302. The molecule has 15 heavy (non-hydrogen) atoms. The zero-order chi connectivity index (χ0) is 11.6. The second-order valence-electron chi connectivity index (χ2n) is 3.75. The number of hydrogen-bond acceptors (Lipinski definition) is 2. The Labute approximate surface area is 95.5 Å². The molecule has 1 rings (SSSR count). The average Bonchev–Trinajstić information content (AvgIpc) is 2.41. The number of ketones is 1. The fourth-order valence-corrected chi connectivity index (χ4v) is 2.59. The number of thioether (sulfide) groups is 1. The molecular weight excluding hydrogens is 208 g/mol. The first kappa shape index (κ1) is 12.3. The number of nitrogens with zero attached hydrogens (tertiary/aromatic N) is 2. The van der Waals surface area contributed by atoms with Crippen molar-refractivity contribution in [3.63, 3.8) is 0 Å². The standard InChI is InChI=1S/C11H19N2OS/c1-6-10(14)7-15-11-12(4)8(2)9(3)13(11)5/h6-7H2,1-5H3/q+1. The molecule has 0 aliphatic heterocycles. The van der Waals surface area contributed by atoms with Gasteiger partial charge in [0, 0.05) is 20.3 Å². The maximum absolute atomic E-state index is 11.3. The van der Waals surface area contributed by atoms with Crippen molar-refractivity contribution in [3.05, 3.63) is 11.4 Å². The van der Waals surface area contributed by atoms with E-state index in [0.29, 0.717) is 18.0 Å². The lowest BCUT2D eigenvalue weighted by molar-refractivity contribution is -0.715. The third-order valence-electron chi connectivity index (χ3n) is 2.86. The van der Waals surface area contributed by atoms with Crippen LogP contribution in [0, 0.1) is 13.8 Å². The van der Waals surface area contributed by atoms with Crippen LogP contribution in [0.1, 0.15) is 24.7 Å². The highest BCUT2D eigenvalue weighted by Crippen LogP contribution is 2.17. The molecule has 0 atom stereocenters. The fraction of sp³-hybridized carbons (Fsp3) is 0.636. The second kappa shape index (κ2) is 4.84. The van der Waals surface area contributed by atoms with Gasteiger partial charge < -0.3 is 0 Å². The van der Waals surface area contributed by atoms with Gasteiger partial charge in [0.2, 0.25) is 0 Å². The Bertz CT molecular complexity index is 357. The van der Waals surface area contributed by atoms with Crippen molar-refractivity contribution in [2.24, 2.45) is 14.1 Å². The monoisotopic (exact) mass is 227 g/mol. The van der Waals surface area contributed by atoms with E-state index in [2.05, 4.69) is 23.0 Å². The van der Waals surface area contributed by atoms with E-state index in [9.17, 15) is 4.79 Å². The second-order valence-corrected chi connectivity index (χ2v) is 4.69. The molecule has 0 fully saturated rings. The number of Topliss-reactive ketones (excluding diaryl/α,β-unsaturated/α-hetero) is 1. The summed E-state index contributed by atoms with van der Waals surface area (Å²) in [5.74, 6) is 0.873. The largest absolute Gasteiger partial charge is 0.318 e. The van der Waals surface area contributed by atoms with Crippen LogP contribution in [0.15, 0.2) is 5.16 Å². The minimum absolute atomic E-state index is 0.302.